The highest BCUT2D eigenvalue weighted by Gasteiger charge is 2.25. The molecule has 0 aromatic carbocycles. The Morgan fingerprint density at radius 1 is 1.57 bits per heavy atom. The fraction of sp³-hybridized carbons (Fsp3) is 0.571. The van der Waals surface area contributed by atoms with Crippen LogP contribution < -0.4 is 16.5 Å². The summed E-state index contributed by atoms with van der Waals surface area (Å²) >= 11 is 0. The van der Waals surface area contributed by atoms with Gasteiger partial charge in [0.15, 0.2) is 5.75 Å². The average Bonchev–Trinajstić information content (AvgIpc) is 2.49. The van der Waals surface area contributed by atoms with Crippen LogP contribution in [0.1, 0.15) is 18.6 Å². The van der Waals surface area contributed by atoms with Gasteiger partial charge in [-0.1, -0.05) is 0 Å². The summed E-state index contributed by atoms with van der Waals surface area (Å²) in [5, 5.41) is 12.0. The zero-order valence-electron chi connectivity index (χ0n) is 11.9. The van der Waals surface area contributed by atoms with Gasteiger partial charge in [0.25, 0.3) is 0 Å². The Morgan fingerprint density at radius 3 is 3.10 bits per heavy atom. The topological polar surface area (TPSA) is 109 Å². The number of amides is 1. The van der Waals surface area contributed by atoms with Gasteiger partial charge in [-0.25, -0.2) is 0 Å². The van der Waals surface area contributed by atoms with Crippen LogP contribution in [0, 0.1) is 5.92 Å². The summed E-state index contributed by atoms with van der Waals surface area (Å²) in [6.45, 7) is 2.85. The number of aromatic hydroxyl groups is 1. The van der Waals surface area contributed by atoms with Crippen LogP contribution in [0.25, 0.3) is 0 Å². The van der Waals surface area contributed by atoms with Gasteiger partial charge in [0.05, 0.1) is 12.5 Å². The molecule has 7 nitrogen and oxygen atoms in total. The highest BCUT2D eigenvalue weighted by molar-refractivity contribution is 5.78. The van der Waals surface area contributed by atoms with Crippen molar-refractivity contribution < 1.29 is 14.3 Å². The van der Waals surface area contributed by atoms with Crippen molar-refractivity contribution in [2.45, 2.75) is 19.4 Å². The minimum absolute atomic E-state index is 0.0253. The fourth-order valence-electron chi connectivity index (χ4n) is 2.50. The van der Waals surface area contributed by atoms with Gasteiger partial charge in [0.1, 0.15) is 12.0 Å². The molecule has 1 fully saturated rings. The maximum absolute atomic E-state index is 12.0. The van der Waals surface area contributed by atoms with E-state index in [0.717, 1.165) is 25.6 Å². The van der Waals surface area contributed by atoms with E-state index in [4.69, 9.17) is 15.3 Å². The second kappa shape index (κ2) is 7.24. The number of nitrogens with zero attached hydrogens (tertiary/aromatic N) is 1. The third-order valence-electron chi connectivity index (χ3n) is 3.57. The van der Waals surface area contributed by atoms with E-state index in [1.54, 1.807) is 0 Å². The first kappa shape index (κ1) is 15.5. The van der Waals surface area contributed by atoms with E-state index in [0.29, 0.717) is 31.9 Å². The Kier molecular flexibility index (Phi) is 5.35. The van der Waals surface area contributed by atoms with Crippen molar-refractivity contribution in [1.29, 1.82) is 0 Å². The quantitative estimate of drug-likeness (QED) is 0.684. The Morgan fingerprint density at radius 2 is 2.38 bits per heavy atom. The number of likely N-dealkylation sites (tertiary alicyclic amines) is 1. The summed E-state index contributed by atoms with van der Waals surface area (Å²) in [7, 11) is 0. The molecule has 1 aromatic rings. The molecular formula is C14H21N3O4. The summed E-state index contributed by atoms with van der Waals surface area (Å²) in [6, 6.07) is 1.29. The number of nitrogens with one attached hydrogen (secondary N) is 1. The summed E-state index contributed by atoms with van der Waals surface area (Å²) in [5.41, 5.74) is 4.92. The van der Waals surface area contributed by atoms with Crippen molar-refractivity contribution in [3.63, 3.8) is 0 Å². The standard InChI is InChI=1S/C14H21N3O4/c15-3-4-16-14(20)10-2-1-5-17(7-10)8-11-6-12(18)13(19)9-21-11/h6,9-10,19H,1-5,7-8,15H2,(H,16,20). The lowest BCUT2D eigenvalue weighted by molar-refractivity contribution is -0.126. The molecule has 7 heteroatoms. The third kappa shape index (κ3) is 4.30. The molecule has 0 aliphatic carbocycles. The molecule has 0 spiro atoms. The molecule has 1 saturated heterocycles. The van der Waals surface area contributed by atoms with Crippen molar-refractivity contribution in [3.8, 4) is 5.75 Å². The predicted molar refractivity (Wildman–Crippen MR) is 76.7 cm³/mol. The molecular weight excluding hydrogens is 274 g/mol. The summed E-state index contributed by atoms with van der Waals surface area (Å²) in [6.07, 6.45) is 2.82. The number of carbonyl (C=O) groups is 1. The van der Waals surface area contributed by atoms with Crippen LogP contribution in [0.4, 0.5) is 0 Å². The van der Waals surface area contributed by atoms with Gasteiger partial charge in [0, 0.05) is 25.7 Å². The smallest absolute Gasteiger partial charge is 0.226 e. The monoisotopic (exact) mass is 295 g/mol. The summed E-state index contributed by atoms with van der Waals surface area (Å²) in [4.78, 5) is 25.4. The van der Waals surface area contributed by atoms with E-state index in [1.807, 2.05) is 0 Å². The SMILES string of the molecule is NCCNC(=O)C1CCCN(Cc2cc(=O)c(O)co2)C1. The van der Waals surface area contributed by atoms with Crippen molar-refractivity contribution >= 4 is 5.91 Å². The molecule has 4 N–H and O–H groups in total. The highest BCUT2D eigenvalue weighted by atomic mass is 16.4. The van der Waals surface area contributed by atoms with Gasteiger partial charge in [0.2, 0.25) is 11.3 Å². The van der Waals surface area contributed by atoms with Gasteiger partial charge in [-0.3, -0.25) is 14.5 Å². The molecule has 21 heavy (non-hydrogen) atoms. The fourth-order valence-corrected chi connectivity index (χ4v) is 2.50. The van der Waals surface area contributed by atoms with Crippen molar-refractivity contribution in [1.82, 2.24) is 10.2 Å². The van der Waals surface area contributed by atoms with E-state index >= 15 is 0 Å². The predicted octanol–water partition coefficient (Wildman–Crippen LogP) is -0.368. The largest absolute Gasteiger partial charge is 0.502 e. The van der Waals surface area contributed by atoms with E-state index in [1.165, 1.54) is 6.07 Å². The lowest BCUT2D eigenvalue weighted by Gasteiger charge is -2.31. The normalized spacial score (nSPS) is 19.4. The second-order valence-corrected chi connectivity index (χ2v) is 5.25. The molecule has 0 saturated carbocycles. The van der Waals surface area contributed by atoms with Crippen LogP contribution in [0.2, 0.25) is 0 Å². The first-order valence-electron chi connectivity index (χ1n) is 7.11. The van der Waals surface area contributed by atoms with Crippen LogP contribution in [0.3, 0.4) is 0 Å². The van der Waals surface area contributed by atoms with Crippen LogP contribution >= 0.6 is 0 Å². The first-order valence-corrected chi connectivity index (χ1v) is 7.11. The maximum atomic E-state index is 12.0. The Labute approximate surface area is 122 Å². The lowest BCUT2D eigenvalue weighted by Crippen LogP contribution is -2.43. The van der Waals surface area contributed by atoms with Crippen molar-refractivity contribution in [2.24, 2.45) is 11.7 Å². The van der Waals surface area contributed by atoms with Gasteiger partial charge < -0.3 is 20.6 Å². The second-order valence-electron chi connectivity index (χ2n) is 5.25. The molecule has 1 aliphatic heterocycles. The molecule has 0 bridgehead atoms. The van der Waals surface area contributed by atoms with Gasteiger partial charge >= 0.3 is 0 Å². The third-order valence-corrected chi connectivity index (χ3v) is 3.57. The molecule has 116 valence electrons. The first-order chi connectivity index (χ1) is 10.1. The molecule has 1 aliphatic rings. The van der Waals surface area contributed by atoms with Gasteiger partial charge in [-0.2, -0.15) is 0 Å². The number of rotatable bonds is 5. The Hall–Kier alpha value is -1.86. The Balaban J connectivity index is 1.93. The van der Waals surface area contributed by atoms with Crippen molar-refractivity contribution in [3.05, 3.63) is 28.3 Å². The summed E-state index contributed by atoms with van der Waals surface area (Å²) < 4.78 is 5.19. The van der Waals surface area contributed by atoms with Gasteiger partial charge in [-0.15, -0.1) is 0 Å². The number of carbonyl (C=O) groups excluding carboxylic acids is 1. The number of hydrogen-bond donors (Lipinski definition) is 3. The highest BCUT2D eigenvalue weighted by Crippen LogP contribution is 2.18. The van der Waals surface area contributed by atoms with Crippen LogP contribution in [-0.4, -0.2) is 42.1 Å². The maximum Gasteiger partial charge on any atom is 0.226 e. The van der Waals surface area contributed by atoms with E-state index in [-0.39, 0.29) is 11.8 Å². The van der Waals surface area contributed by atoms with Gasteiger partial charge in [-0.05, 0) is 19.4 Å². The average molecular weight is 295 g/mol. The number of nitrogens with two attached hydrogens (primary N) is 1. The zero-order valence-corrected chi connectivity index (χ0v) is 11.9. The number of hydrogen-bond acceptors (Lipinski definition) is 6. The van der Waals surface area contributed by atoms with Crippen LogP contribution in [0.15, 0.2) is 21.5 Å². The Bertz CT molecular complexity index is 543. The molecule has 1 aromatic heterocycles. The van der Waals surface area contributed by atoms with E-state index in [2.05, 4.69) is 10.2 Å². The lowest BCUT2D eigenvalue weighted by atomic mass is 9.97. The van der Waals surface area contributed by atoms with Crippen LogP contribution in [0.5, 0.6) is 5.75 Å². The molecule has 1 unspecified atom stereocenters. The molecule has 1 amide bonds. The van der Waals surface area contributed by atoms with Crippen LogP contribution in [-0.2, 0) is 11.3 Å². The summed E-state index contributed by atoms with van der Waals surface area (Å²) in [5.74, 6) is 0.0590. The molecule has 2 rings (SSSR count). The number of piperidine rings is 1. The van der Waals surface area contributed by atoms with E-state index in [9.17, 15) is 9.59 Å². The molecule has 1 atom stereocenters. The minimum Gasteiger partial charge on any atom is -0.502 e. The molecule has 2 heterocycles. The molecule has 0 radical (unpaired) electrons. The zero-order chi connectivity index (χ0) is 15.2. The van der Waals surface area contributed by atoms with E-state index < -0.39 is 11.2 Å². The minimum atomic E-state index is -0.453. The van der Waals surface area contributed by atoms with Crippen molar-refractivity contribution in [2.75, 3.05) is 26.2 Å².